The third-order valence-electron chi connectivity index (χ3n) is 2.88. The van der Waals surface area contributed by atoms with Gasteiger partial charge in [-0.1, -0.05) is 18.3 Å². The first-order valence-electron chi connectivity index (χ1n) is 5.96. The lowest BCUT2D eigenvalue weighted by Gasteiger charge is -2.30. The molecule has 0 radical (unpaired) electrons. The first-order valence-corrected chi connectivity index (χ1v) is 6.74. The van der Waals surface area contributed by atoms with Crippen molar-refractivity contribution in [1.82, 2.24) is 14.5 Å². The summed E-state index contributed by atoms with van der Waals surface area (Å²) in [5.74, 6) is -1.16. The van der Waals surface area contributed by atoms with Gasteiger partial charge in [-0.15, -0.1) is 5.10 Å². The van der Waals surface area contributed by atoms with Gasteiger partial charge in [-0.3, -0.25) is 4.79 Å². The lowest BCUT2D eigenvalue weighted by atomic mass is 10.1. The minimum Gasteiger partial charge on any atom is -0.479 e. The van der Waals surface area contributed by atoms with Gasteiger partial charge in [-0.2, -0.15) is 0 Å². The third kappa shape index (κ3) is 2.90. The standard InChI is InChI=1S/C11H15N3O4S/c1-6(2)8-9(19-13-12-8)10(15)14-3-4-18-7(5-14)11(16)17/h6-7H,3-5H2,1-2H3,(H,16,17). The number of nitrogens with zero attached hydrogens (tertiary/aromatic N) is 3. The average Bonchev–Trinajstić information content (AvgIpc) is 2.87. The maximum Gasteiger partial charge on any atom is 0.334 e. The van der Waals surface area contributed by atoms with Gasteiger partial charge >= 0.3 is 5.97 Å². The molecule has 1 atom stereocenters. The molecule has 2 rings (SSSR count). The minimum atomic E-state index is -1.05. The number of amides is 1. The summed E-state index contributed by atoms with van der Waals surface area (Å²) in [6, 6.07) is 0. The van der Waals surface area contributed by atoms with Crippen LogP contribution in [0.15, 0.2) is 0 Å². The van der Waals surface area contributed by atoms with Gasteiger partial charge in [0, 0.05) is 6.54 Å². The molecule has 19 heavy (non-hydrogen) atoms. The Morgan fingerprint density at radius 1 is 1.53 bits per heavy atom. The van der Waals surface area contributed by atoms with Gasteiger partial charge in [0.25, 0.3) is 5.91 Å². The van der Waals surface area contributed by atoms with E-state index in [1.54, 1.807) is 0 Å². The Bertz CT molecular complexity index is 488. The van der Waals surface area contributed by atoms with Gasteiger partial charge in [-0.25, -0.2) is 4.79 Å². The predicted molar refractivity (Wildman–Crippen MR) is 67.3 cm³/mol. The van der Waals surface area contributed by atoms with Crippen molar-refractivity contribution in [2.45, 2.75) is 25.9 Å². The summed E-state index contributed by atoms with van der Waals surface area (Å²) in [4.78, 5) is 25.2. The van der Waals surface area contributed by atoms with E-state index in [0.717, 1.165) is 11.5 Å². The van der Waals surface area contributed by atoms with Crippen LogP contribution in [-0.2, 0) is 9.53 Å². The van der Waals surface area contributed by atoms with Crippen molar-refractivity contribution in [2.24, 2.45) is 0 Å². The number of carbonyl (C=O) groups excluding carboxylic acids is 1. The van der Waals surface area contributed by atoms with Crippen molar-refractivity contribution in [3.63, 3.8) is 0 Å². The molecule has 1 fully saturated rings. The van der Waals surface area contributed by atoms with Gasteiger partial charge < -0.3 is 14.7 Å². The first-order chi connectivity index (χ1) is 9.00. The molecule has 2 heterocycles. The molecule has 1 unspecified atom stereocenters. The molecule has 1 amide bonds. The number of morpholine rings is 1. The fourth-order valence-corrected chi connectivity index (χ4v) is 2.64. The zero-order valence-corrected chi connectivity index (χ0v) is 11.5. The molecule has 0 aromatic carbocycles. The number of hydrogen-bond acceptors (Lipinski definition) is 6. The highest BCUT2D eigenvalue weighted by atomic mass is 32.1. The monoisotopic (exact) mass is 285 g/mol. The van der Waals surface area contributed by atoms with Crippen molar-refractivity contribution >= 4 is 23.4 Å². The van der Waals surface area contributed by atoms with Gasteiger partial charge in [0.05, 0.1) is 18.8 Å². The Hall–Kier alpha value is -1.54. The summed E-state index contributed by atoms with van der Waals surface area (Å²) in [5, 5.41) is 12.9. The maximum atomic E-state index is 12.4. The van der Waals surface area contributed by atoms with E-state index in [1.807, 2.05) is 13.8 Å². The van der Waals surface area contributed by atoms with Gasteiger partial charge in [-0.05, 0) is 17.5 Å². The molecule has 0 aliphatic carbocycles. The lowest BCUT2D eigenvalue weighted by molar-refractivity contribution is -0.154. The average molecular weight is 285 g/mol. The van der Waals surface area contributed by atoms with E-state index in [0.29, 0.717) is 17.1 Å². The Labute approximate surface area is 114 Å². The molecule has 1 N–H and O–H groups in total. The molecule has 1 aliphatic rings. The SMILES string of the molecule is CC(C)c1nnsc1C(=O)N1CCOC(C(=O)O)C1. The molecule has 0 spiro atoms. The van der Waals surface area contributed by atoms with E-state index in [2.05, 4.69) is 9.59 Å². The largest absolute Gasteiger partial charge is 0.479 e. The number of carbonyl (C=O) groups is 2. The molecule has 0 bridgehead atoms. The van der Waals surface area contributed by atoms with E-state index in [4.69, 9.17) is 9.84 Å². The second kappa shape index (κ2) is 5.62. The van der Waals surface area contributed by atoms with Crippen molar-refractivity contribution < 1.29 is 19.4 Å². The van der Waals surface area contributed by atoms with Crippen LogP contribution in [0.3, 0.4) is 0 Å². The van der Waals surface area contributed by atoms with Crippen LogP contribution in [0.25, 0.3) is 0 Å². The molecule has 1 aromatic rings. The number of ether oxygens (including phenoxy) is 1. The third-order valence-corrected chi connectivity index (χ3v) is 3.61. The van der Waals surface area contributed by atoms with Crippen molar-refractivity contribution in [1.29, 1.82) is 0 Å². The highest BCUT2D eigenvalue weighted by Crippen LogP contribution is 2.22. The maximum absolute atomic E-state index is 12.4. The highest BCUT2D eigenvalue weighted by molar-refractivity contribution is 7.08. The van der Waals surface area contributed by atoms with E-state index in [-0.39, 0.29) is 25.0 Å². The van der Waals surface area contributed by atoms with Crippen molar-refractivity contribution in [3.05, 3.63) is 10.6 Å². The second-order valence-electron chi connectivity index (χ2n) is 4.59. The zero-order chi connectivity index (χ0) is 14.0. The summed E-state index contributed by atoms with van der Waals surface area (Å²) in [5.41, 5.74) is 0.661. The van der Waals surface area contributed by atoms with Crippen LogP contribution < -0.4 is 0 Å². The molecule has 7 nitrogen and oxygen atoms in total. The van der Waals surface area contributed by atoms with E-state index in [1.165, 1.54) is 4.90 Å². The summed E-state index contributed by atoms with van der Waals surface area (Å²) >= 11 is 1.05. The fourth-order valence-electron chi connectivity index (χ4n) is 1.85. The summed E-state index contributed by atoms with van der Waals surface area (Å²) in [7, 11) is 0. The van der Waals surface area contributed by atoms with Gasteiger partial charge in [0.1, 0.15) is 4.88 Å². The summed E-state index contributed by atoms with van der Waals surface area (Å²) in [6.45, 7) is 4.55. The van der Waals surface area contributed by atoms with Crippen LogP contribution in [-0.4, -0.2) is 57.3 Å². The smallest absolute Gasteiger partial charge is 0.334 e. The topological polar surface area (TPSA) is 92.6 Å². The molecule has 1 aliphatic heterocycles. The van der Waals surface area contributed by atoms with Crippen LogP contribution >= 0.6 is 11.5 Å². The number of carboxylic acids is 1. The van der Waals surface area contributed by atoms with E-state index in [9.17, 15) is 9.59 Å². The summed E-state index contributed by atoms with van der Waals surface area (Å²) in [6.07, 6.45) is -0.957. The second-order valence-corrected chi connectivity index (χ2v) is 5.34. The van der Waals surface area contributed by atoms with Crippen LogP contribution in [0.1, 0.15) is 35.1 Å². The van der Waals surface area contributed by atoms with E-state index < -0.39 is 12.1 Å². The van der Waals surface area contributed by atoms with Crippen molar-refractivity contribution in [3.8, 4) is 0 Å². The Morgan fingerprint density at radius 2 is 2.26 bits per heavy atom. The molecule has 8 heteroatoms. The number of aromatic nitrogens is 2. The molecule has 104 valence electrons. The van der Waals surface area contributed by atoms with Gasteiger partial charge in [0.15, 0.2) is 6.10 Å². The number of rotatable bonds is 3. The summed E-state index contributed by atoms with van der Waals surface area (Å²) < 4.78 is 8.90. The number of aliphatic carboxylic acids is 1. The molecule has 1 aromatic heterocycles. The van der Waals surface area contributed by atoms with Crippen LogP contribution in [0.4, 0.5) is 0 Å². The number of hydrogen-bond donors (Lipinski definition) is 1. The van der Waals surface area contributed by atoms with Crippen molar-refractivity contribution in [2.75, 3.05) is 19.7 Å². The quantitative estimate of drug-likeness (QED) is 0.873. The normalized spacial score (nSPS) is 19.7. The van der Waals surface area contributed by atoms with E-state index >= 15 is 0 Å². The molecule has 0 saturated carbocycles. The van der Waals surface area contributed by atoms with Crippen LogP contribution in [0.2, 0.25) is 0 Å². The Kier molecular flexibility index (Phi) is 4.11. The first kappa shape index (κ1) is 13.9. The Morgan fingerprint density at radius 3 is 2.89 bits per heavy atom. The predicted octanol–water partition coefficient (Wildman–Crippen LogP) is 0.587. The van der Waals surface area contributed by atoms with Gasteiger partial charge in [0.2, 0.25) is 0 Å². The minimum absolute atomic E-state index is 0.0591. The molecular weight excluding hydrogens is 270 g/mol. The fraction of sp³-hybridized carbons (Fsp3) is 0.636. The highest BCUT2D eigenvalue weighted by Gasteiger charge is 2.31. The molecule has 1 saturated heterocycles. The Balaban J connectivity index is 2.15. The van der Waals surface area contributed by atoms with Crippen LogP contribution in [0.5, 0.6) is 0 Å². The zero-order valence-electron chi connectivity index (χ0n) is 10.7. The lowest BCUT2D eigenvalue weighted by Crippen LogP contribution is -2.48. The molecular formula is C11H15N3O4S. The number of carboxylic acid groups (broad SMARTS) is 1. The van der Waals surface area contributed by atoms with Crippen LogP contribution in [0, 0.1) is 0 Å².